The van der Waals surface area contributed by atoms with Gasteiger partial charge in [-0.15, -0.1) is 0 Å². The average molecular weight is 459 g/mol. The highest BCUT2D eigenvalue weighted by Crippen LogP contribution is 2.37. The highest BCUT2D eigenvalue weighted by atomic mass is 16.7. The van der Waals surface area contributed by atoms with Gasteiger partial charge in [-0.3, -0.25) is 4.79 Å². The van der Waals surface area contributed by atoms with Crippen molar-refractivity contribution in [3.8, 4) is 11.5 Å². The Morgan fingerprint density at radius 2 is 1.71 bits per heavy atom. The van der Waals surface area contributed by atoms with Crippen molar-refractivity contribution < 1.29 is 29.1 Å². The van der Waals surface area contributed by atoms with Gasteiger partial charge in [0.25, 0.3) is 5.91 Å². The van der Waals surface area contributed by atoms with E-state index in [0.29, 0.717) is 43.1 Å². The Kier molecular flexibility index (Phi) is 7.25. The summed E-state index contributed by atoms with van der Waals surface area (Å²) in [5.41, 5.74) is 3.05. The molecule has 1 heterocycles. The smallest absolute Gasteiger partial charge is 0.252 e. The molecule has 3 aromatic rings. The molecule has 4 rings (SSSR count). The summed E-state index contributed by atoms with van der Waals surface area (Å²) in [4.78, 5) is 25.8. The van der Waals surface area contributed by atoms with Crippen molar-refractivity contribution in [3.05, 3.63) is 107 Å². The van der Waals surface area contributed by atoms with E-state index in [9.17, 15) is 14.7 Å². The molecule has 3 aromatic carbocycles. The van der Waals surface area contributed by atoms with Crippen LogP contribution in [0.2, 0.25) is 0 Å². The van der Waals surface area contributed by atoms with Crippen LogP contribution in [-0.4, -0.2) is 25.2 Å². The monoisotopic (exact) mass is 458 g/mol. The standard InChI is InChI=1S/C27H26N2O5/c1-2-14-29(17-21-12-13-23-25(34-18-33-23)24(21)27(31)32)16-20-10-6-7-11-22(20)26(30)28-15-19-8-4-3-5-9-19/h2-13H,1,14-18H2,(H,28,30)(H,31,32). The van der Waals surface area contributed by atoms with Crippen LogP contribution in [0.4, 0.5) is 0 Å². The summed E-state index contributed by atoms with van der Waals surface area (Å²) in [6.07, 6.45) is 1.78. The van der Waals surface area contributed by atoms with Crippen LogP contribution in [0.5, 0.6) is 11.5 Å². The minimum Gasteiger partial charge on any atom is -0.545 e. The molecule has 1 aliphatic rings. The van der Waals surface area contributed by atoms with Crippen LogP contribution in [0, 0.1) is 0 Å². The fourth-order valence-electron chi connectivity index (χ4n) is 4.10. The van der Waals surface area contributed by atoms with Crippen molar-refractivity contribution in [2.75, 3.05) is 13.3 Å². The second-order valence-corrected chi connectivity index (χ2v) is 8.04. The number of ether oxygens (including phenoxy) is 2. The lowest BCUT2D eigenvalue weighted by Crippen LogP contribution is -3.09. The molecule has 1 atom stereocenters. The Hall–Kier alpha value is -4.10. The zero-order chi connectivity index (χ0) is 23.9. The first-order valence-corrected chi connectivity index (χ1v) is 11.0. The fourth-order valence-corrected chi connectivity index (χ4v) is 4.10. The van der Waals surface area contributed by atoms with Gasteiger partial charge in [-0.1, -0.05) is 55.1 Å². The zero-order valence-corrected chi connectivity index (χ0v) is 18.7. The molecular weight excluding hydrogens is 432 g/mol. The number of nitrogens with one attached hydrogen (secondary N) is 2. The average Bonchev–Trinajstić information content (AvgIpc) is 3.32. The van der Waals surface area contributed by atoms with Gasteiger partial charge in [0, 0.05) is 23.2 Å². The number of hydrogen-bond acceptors (Lipinski definition) is 5. The molecule has 2 N–H and O–H groups in total. The summed E-state index contributed by atoms with van der Waals surface area (Å²) in [6, 6.07) is 20.6. The first-order valence-electron chi connectivity index (χ1n) is 11.0. The second kappa shape index (κ2) is 10.7. The van der Waals surface area contributed by atoms with E-state index < -0.39 is 5.97 Å². The first-order chi connectivity index (χ1) is 16.6. The highest BCUT2D eigenvalue weighted by molar-refractivity contribution is 5.95. The van der Waals surface area contributed by atoms with Crippen molar-refractivity contribution >= 4 is 11.9 Å². The number of benzene rings is 3. The third-order valence-electron chi connectivity index (χ3n) is 5.70. The minimum absolute atomic E-state index is 0.00505. The number of hydrogen-bond donors (Lipinski definition) is 2. The van der Waals surface area contributed by atoms with E-state index in [1.54, 1.807) is 24.3 Å². The molecule has 34 heavy (non-hydrogen) atoms. The molecular formula is C27H26N2O5. The highest BCUT2D eigenvalue weighted by Gasteiger charge is 2.24. The summed E-state index contributed by atoms with van der Waals surface area (Å²) in [5.74, 6) is -0.864. The van der Waals surface area contributed by atoms with Crippen LogP contribution in [0.15, 0.2) is 79.4 Å². The van der Waals surface area contributed by atoms with Crippen LogP contribution in [0.1, 0.15) is 37.4 Å². The van der Waals surface area contributed by atoms with Gasteiger partial charge in [-0.25, -0.2) is 0 Å². The molecule has 1 amide bonds. The molecule has 0 spiro atoms. The van der Waals surface area contributed by atoms with Gasteiger partial charge in [-0.05, 0) is 29.8 Å². The summed E-state index contributed by atoms with van der Waals surface area (Å²) < 4.78 is 10.7. The van der Waals surface area contributed by atoms with Gasteiger partial charge in [0.2, 0.25) is 6.79 Å². The Morgan fingerprint density at radius 1 is 0.971 bits per heavy atom. The molecule has 0 aromatic heterocycles. The largest absolute Gasteiger partial charge is 0.545 e. The quantitative estimate of drug-likeness (QED) is 0.449. The molecule has 0 bridgehead atoms. The van der Waals surface area contributed by atoms with Gasteiger partial charge >= 0.3 is 0 Å². The number of carboxylic acids is 1. The number of carboxylic acid groups (broad SMARTS) is 1. The van der Waals surface area contributed by atoms with Crippen LogP contribution in [-0.2, 0) is 19.6 Å². The van der Waals surface area contributed by atoms with Gasteiger partial charge in [0.1, 0.15) is 13.1 Å². The Morgan fingerprint density at radius 3 is 2.47 bits per heavy atom. The number of fused-ring (bicyclic) bond motifs is 1. The van der Waals surface area contributed by atoms with Gasteiger partial charge < -0.3 is 29.6 Å². The zero-order valence-electron chi connectivity index (χ0n) is 18.7. The third kappa shape index (κ3) is 5.27. The number of amides is 1. The van der Waals surface area contributed by atoms with Crippen molar-refractivity contribution in [1.82, 2.24) is 5.32 Å². The number of carbonyl (C=O) groups is 2. The van der Waals surface area contributed by atoms with E-state index in [1.807, 2.05) is 48.5 Å². The SMILES string of the molecule is C=CC[NH+](Cc1ccccc1C(=O)NCc1ccccc1)Cc1ccc2c(c1C(=O)[O-])OCO2. The molecule has 1 unspecified atom stereocenters. The number of rotatable bonds is 10. The molecule has 7 heteroatoms. The second-order valence-electron chi connectivity index (χ2n) is 8.04. The van der Waals surface area contributed by atoms with E-state index in [2.05, 4.69) is 11.9 Å². The number of aromatic carboxylic acids is 1. The van der Waals surface area contributed by atoms with Crippen LogP contribution < -0.4 is 24.8 Å². The molecule has 0 radical (unpaired) electrons. The lowest BCUT2D eigenvalue weighted by Gasteiger charge is -2.22. The van der Waals surface area contributed by atoms with E-state index >= 15 is 0 Å². The number of carbonyl (C=O) groups excluding carboxylic acids is 2. The van der Waals surface area contributed by atoms with Crippen LogP contribution in [0.25, 0.3) is 0 Å². The maximum absolute atomic E-state index is 13.0. The van der Waals surface area contributed by atoms with Crippen LogP contribution in [0.3, 0.4) is 0 Å². The summed E-state index contributed by atoms with van der Waals surface area (Å²) >= 11 is 0. The lowest BCUT2D eigenvalue weighted by atomic mass is 10.0. The molecule has 0 aliphatic carbocycles. The summed E-state index contributed by atoms with van der Waals surface area (Å²) in [5, 5.41) is 14.9. The van der Waals surface area contributed by atoms with E-state index in [1.165, 1.54) is 0 Å². The lowest BCUT2D eigenvalue weighted by molar-refractivity contribution is -0.921. The molecule has 0 fully saturated rings. The van der Waals surface area contributed by atoms with Crippen molar-refractivity contribution in [2.45, 2.75) is 19.6 Å². The first kappa shape index (κ1) is 23.1. The Bertz CT molecular complexity index is 1190. The normalized spacial score (nSPS) is 12.7. The maximum atomic E-state index is 13.0. The summed E-state index contributed by atoms with van der Waals surface area (Å²) in [6.45, 7) is 5.71. The summed E-state index contributed by atoms with van der Waals surface area (Å²) in [7, 11) is 0. The van der Waals surface area contributed by atoms with Gasteiger partial charge in [0.15, 0.2) is 11.5 Å². The van der Waals surface area contributed by atoms with Gasteiger partial charge in [0.05, 0.1) is 18.1 Å². The maximum Gasteiger partial charge on any atom is 0.252 e. The number of quaternary nitrogens is 1. The molecule has 0 saturated heterocycles. The van der Waals surface area contributed by atoms with Crippen molar-refractivity contribution in [1.29, 1.82) is 0 Å². The predicted octanol–water partition coefficient (Wildman–Crippen LogP) is 1.48. The topological polar surface area (TPSA) is 92.1 Å². The molecule has 1 aliphatic heterocycles. The Balaban J connectivity index is 1.53. The Labute approximate surface area is 198 Å². The molecule has 7 nitrogen and oxygen atoms in total. The molecule has 0 saturated carbocycles. The van der Waals surface area contributed by atoms with E-state index in [4.69, 9.17) is 9.47 Å². The van der Waals surface area contributed by atoms with Crippen molar-refractivity contribution in [2.24, 2.45) is 0 Å². The van der Waals surface area contributed by atoms with Gasteiger partial charge in [-0.2, -0.15) is 0 Å². The van der Waals surface area contributed by atoms with Crippen molar-refractivity contribution in [3.63, 3.8) is 0 Å². The fraction of sp³-hybridized carbons (Fsp3) is 0.185. The van der Waals surface area contributed by atoms with E-state index in [-0.39, 0.29) is 24.0 Å². The minimum atomic E-state index is -1.31. The third-order valence-corrected chi connectivity index (χ3v) is 5.70. The predicted molar refractivity (Wildman–Crippen MR) is 124 cm³/mol. The molecule has 174 valence electrons. The van der Waals surface area contributed by atoms with Crippen LogP contribution >= 0.6 is 0 Å². The van der Waals surface area contributed by atoms with E-state index in [0.717, 1.165) is 16.0 Å².